The molecule has 0 aliphatic heterocycles. The lowest BCUT2D eigenvalue weighted by molar-refractivity contribution is -0.255. The van der Waals surface area contributed by atoms with Gasteiger partial charge >= 0.3 is 0 Å². The molecule has 1 heterocycles. The Bertz CT molecular complexity index is 1350. The van der Waals surface area contributed by atoms with Crippen LogP contribution in [0.3, 0.4) is 0 Å². The molecule has 0 unspecified atom stereocenters. The summed E-state index contributed by atoms with van der Waals surface area (Å²) in [7, 11) is 0. The molecule has 0 N–H and O–H groups in total. The van der Waals surface area contributed by atoms with Crippen molar-refractivity contribution in [3.05, 3.63) is 98.2 Å². The van der Waals surface area contributed by atoms with Crippen molar-refractivity contribution in [3.8, 4) is 17.1 Å². The van der Waals surface area contributed by atoms with E-state index in [0.717, 1.165) is 11.1 Å². The summed E-state index contributed by atoms with van der Waals surface area (Å²) in [6.45, 7) is 3.86. The van der Waals surface area contributed by atoms with Crippen molar-refractivity contribution in [2.45, 2.75) is 20.5 Å². The van der Waals surface area contributed by atoms with Gasteiger partial charge in [-0.15, -0.1) is 0 Å². The summed E-state index contributed by atoms with van der Waals surface area (Å²) < 4.78 is 12.0. The normalized spacial score (nSPS) is 10.9. The first kappa shape index (κ1) is 20.7. The number of aryl methyl sites for hydroxylation is 2. The van der Waals surface area contributed by atoms with Gasteiger partial charge in [0.2, 0.25) is 11.2 Å². The summed E-state index contributed by atoms with van der Waals surface area (Å²) in [6, 6.07) is 16.7. The van der Waals surface area contributed by atoms with Crippen LogP contribution in [-0.2, 0) is 6.61 Å². The van der Waals surface area contributed by atoms with Crippen LogP contribution < -0.4 is 15.3 Å². The van der Waals surface area contributed by atoms with Gasteiger partial charge in [-0.05, 0) is 78.6 Å². The fraction of sp³-hybridized carbons (Fsp3) is 0.120. The summed E-state index contributed by atoms with van der Waals surface area (Å²) in [5.74, 6) is -0.940. The number of carboxylic acids is 1. The highest BCUT2D eigenvalue weighted by Crippen LogP contribution is 2.33. The highest BCUT2D eigenvalue weighted by Gasteiger charge is 2.19. The monoisotopic (exact) mass is 433 g/mol. The molecule has 0 amide bonds. The predicted octanol–water partition coefficient (Wildman–Crippen LogP) is 4.67. The minimum atomic E-state index is -1.28. The molecule has 0 saturated heterocycles. The first-order valence-corrected chi connectivity index (χ1v) is 9.98. The zero-order valence-electron chi connectivity index (χ0n) is 16.9. The van der Waals surface area contributed by atoms with E-state index in [0.29, 0.717) is 27.1 Å². The van der Waals surface area contributed by atoms with Crippen molar-refractivity contribution in [3.63, 3.8) is 0 Å². The van der Waals surface area contributed by atoms with Crippen LogP contribution in [0.1, 0.15) is 27.0 Å². The van der Waals surface area contributed by atoms with Gasteiger partial charge in [-0.25, -0.2) is 0 Å². The van der Waals surface area contributed by atoms with Crippen LogP contribution in [0.15, 0.2) is 69.9 Å². The number of halogens is 1. The Morgan fingerprint density at radius 1 is 1.03 bits per heavy atom. The van der Waals surface area contributed by atoms with Crippen molar-refractivity contribution in [2.24, 2.45) is 0 Å². The number of carbonyl (C=O) groups excluding carboxylic acids is 1. The smallest absolute Gasteiger partial charge is 0.235 e. The second kappa shape index (κ2) is 8.28. The van der Waals surface area contributed by atoms with E-state index >= 15 is 0 Å². The van der Waals surface area contributed by atoms with Crippen molar-refractivity contribution in [1.82, 2.24) is 0 Å². The van der Waals surface area contributed by atoms with Crippen LogP contribution >= 0.6 is 11.6 Å². The van der Waals surface area contributed by atoms with E-state index in [4.69, 9.17) is 20.8 Å². The first-order chi connectivity index (χ1) is 14.8. The molecule has 31 heavy (non-hydrogen) atoms. The number of carbonyl (C=O) groups is 1. The van der Waals surface area contributed by atoms with Crippen LogP contribution in [0.2, 0.25) is 5.02 Å². The van der Waals surface area contributed by atoms with Crippen LogP contribution in [0.4, 0.5) is 0 Å². The maximum Gasteiger partial charge on any atom is 0.235 e. The minimum absolute atomic E-state index is 0.0111. The molecule has 4 rings (SSSR count). The number of fused-ring (bicyclic) bond motifs is 1. The van der Waals surface area contributed by atoms with Crippen LogP contribution in [-0.4, -0.2) is 5.97 Å². The molecule has 4 aromatic rings. The van der Waals surface area contributed by atoms with Crippen molar-refractivity contribution < 1.29 is 19.1 Å². The minimum Gasteiger partial charge on any atom is -0.545 e. The summed E-state index contributed by atoms with van der Waals surface area (Å²) in [5, 5.41) is 12.1. The molecule has 1 aromatic heterocycles. The fourth-order valence-electron chi connectivity index (χ4n) is 3.30. The molecule has 0 aliphatic rings. The Hall–Kier alpha value is -3.57. The van der Waals surface area contributed by atoms with Crippen LogP contribution in [0.5, 0.6) is 5.75 Å². The maximum absolute atomic E-state index is 13.3. The molecule has 3 aromatic carbocycles. The van der Waals surface area contributed by atoms with Crippen LogP contribution in [0.25, 0.3) is 22.3 Å². The molecule has 0 saturated carbocycles. The quantitative estimate of drug-likeness (QED) is 0.457. The molecule has 6 heteroatoms. The summed E-state index contributed by atoms with van der Waals surface area (Å²) >= 11 is 6.01. The molecule has 0 radical (unpaired) electrons. The number of hydrogen-bond donors (Lipinski definition) is 0. The van der Waals surface area contributed by atoms with E-state index in [1.54, 1.807) is 42.5 Å². The fourth-order valence-corrected chi connectivity index (χ4v) is 3.43. The van der Waals surface area contributed by atoms with Crippen LogP contribution in [0, 0.1) is 13.8 Å². The number of ether oxygens (including phenoxy) is 1. The third-order valence-electron chi connectivity index (χ3n) is 5.12. The molecule has 0 atom stereocenters. The van der Waals surface area contributed by atoms with E-state index in [9.17, 15) is 14.7 Å². The zero-order valence-corrected chi connectivity index (χ0v) is 17.7. The van der Waals surface area contributed by atoms with E-state index in [2.05, 4.69) is 0 Å². The van der Waals surface area contributed by atoms with E-state index in [1.165, 1.54) is 12.1 Å². The topological polar surface area (TPSA) is 79.6 Å². The van der Waals surface area contributed by atoms with Crippen molar-refractivity contribution in [2.75, 3.05) is 0 Å². The molecule has 0 spiro atoms. The highest BCUT2D eigenvalue weighted by atomic mass is 35.5. The standard InChI is InChI=1S/C25H19ClO5/c1-14-10-20-21(11-15(14)2)31-23(17-6-8-19(26)9-7-17)24(22(20)27)30-13-16-4-3-5-18(12-16)25(28)29/h3-12H,13H2,1-2H3,(H,28,29)/p-1. The molecule has 0 aliphatic carbocycles. The van der Waals surface area contributed by atoms with Gasteiger partial charge in [-0.3, -0.25) is 4.79 Å². The lowest BCUT2D eigenvalue weighted by Crippen LogP contribution is -2.22. The molecular weight excluding hydrogens is 416 g/mol. The van der Waals surface area contributed by atoms with Gasteiger partial charge in [0.25, 0.3) is 0 Å². The number of aromatic carboxylic acids is 1. The number of benzene rings is 3. The molecule has 0 fully saturated rings. The van der Waals surface area contributed by atoms with Gasteiger partial charge in [0.15, 0.2) is 5.76 Å². The lowest BCUT2D eigenvalue weighted by atomic mass is 10.0. The Labute approximate surface area is 183 Å². The van der Waals surface area contributed by atoms with E-state index in [1.807, 2.05) is 19.9 Å². The third kappa shape index (κ3) is 4.18. The Morgan fingerprint density at radius 2 is 1.74 bits per heavy atom. The second-order valence-electron chi connectivity index (χ2n) is 7.31. The maximum atomic E-state index is 13.3. The summed E-state index contributed by atoms with van der Waals surface area (Å²) in [5.41, 5.74) is 3.39. The van der Waals surface area contributed by atoms with Crippen molar-refractivity contribution in [1.29, 1.82) is 0 Å². The van der Waals surface area contributed by atoms with Crippen molar-refractivity contribution >= 4 is 28.5 Å². The van der Waals surface area contributed by atoms with E-state index in [-0.39, 0.29) is 29.1 Å². The lowest BCUT2D eigenvalue weighted by Gasteiger charge is -2.13. The highest BCUT2D eigenvalue weighted by molar-refractivity contribution is 6.30. The Morgan fingerprint density at radius 3 is 2.45 bits per heavy atom. The zero-order chi connectivity index (χ0) is 22.1. The largest absolute Gasteiger partial charge is 0.545 e. The SMILES string of the molecule is Cc1cc2oc(-c3ccc(Cl)cc3)c(OCc3cccc(C(=O)[O-])c3)c(=O)c2cc1C. The average molecular weight is 434 g/mol. The molecule has 5 nitrogen and oxygen atoms in total. The number of hydrogen-bond acceptors (Lipinski definition) is 5. The molecule has 156 valence electrons. The van der Waals surface area contributed by atoms with Gasteiger partial charge in [0.05, 0.1) is 11.4 Å². The number of rotatable bonds is 5. The average Bonchev–Trinajstić information content (AvgIpc) is 2.75. The number of carboxylic acid groups (broad SMARTS) is 1. The summed E-state index contributed by atoms with van der Waals surface area (Å²) in [6.07, 6.45) is 0. The van der Waals surface area contributed by atoms with Gasteiger partial charge in [0, 0.05) is 10.6 Å². The van der Waals surface area contributed by atoms with Gasteiger partial charge in [0.1, 0.15) is 12.2 Å². The van der Waals surface area contributed by atoms with Gasteiger partial charge in [-0.2, -0.15) is 0 Å². The Kier molecular flexibility index (Phi) is 5.53. The predicted molar refractivity (Wildman–Crippen MR) is 118 cm³/mol. The first-order valence-electron chi connectivity index (χ1n) is 9.60. The van der Waals surface area contributed by atoms with Gasteiger partial charge < -0.3 is 19.1 Å². The summed E-state index contributed by atoms with van der Waals surface area (Å²) in [4.78, 5) is 24.5. The third-order valence-corrected chi connectivity index (χ3v) is 5.37. The molecular formula is C25H18ClO5-. The second-order valence-corrected chi connectivity index (χ2v) is 7.74. The Balaban J connectivity index is 1.84. The van der Waals surface area contributed by atoms with E-state index < -0.39 is 5.97 Å². The molecule has 0 bridgehead atoms. The van der Waals surface area contributed by atoms with Gasteiger partial charge in [-0.1, -0.05) is 29.8 Å².